The molecule has 2 nitrogen and oxygen atoms in total. The lowest BCUT2D eigenvalue weighted by molar-refractivity contribution is -0.105. The molecular formula is C12H16O2. The zero-order valence-corrected chi connectivity index (χ0v) is 8.69. The first-order valence-electron chi connectivity index (χ1n) is 4.88. The van der Waals surface area contributed by atoms with E-state index >= 15 is 0 Å². The predicted molar refractivity (Wildman–Crippen MR) is 56.8 cm³/mol. The van der Waals surface area contributed by atoms with Crippen LogP contribution in [-0.4, -0.2) is 12.9 Å². The van der Waals surface area contributed by atoms with Crippen molar-refractivity contribution >= 4 is 6.29 Å². The largest absolute Gasteiger partial charge is 0.493 e. The first-order valence-corrected chi connectivity index (χ1v) is 4.88. The van der Waals surface area contributed by atoms with E-state index < -0.39 is 0 Å². The minimum absolute atomic E-state index is 0.472. The number of carbonyl (C=O) groups excluding carboxylic acids is 1. The third kappa shape index (κ3) is 3.21. The van der Waals surface area contributed by atoms with E-state index in [9.17, 15) is 4.79 Å². The van der Waals surface area contributed by atoms with E-state index in [0.29, 0.717) is 24.7 Å². The second-order valence-corrected chi connectivity index (χ2v) is 3.70. The summed E-state index contributed by atoms with van der Waals surface area (Å²) in [4.78, 5) is 10.8. The van der Waals surface area contributed by atoms with Crippen molar-refractivity contribution in [3.05, 3.63) is 35.6 Å². The summed E-state index contributed by atoms with van der Waals surface area (Å²) in [6, 6.07) is 0. The summed E-state index contributed by atoms with van der Waals surface area (Å²) in [5.41, 5.74) is 0.718. The molecule has 1 aliphatic rings. The molecule has 14 heavy (non-hydrogen) atoms. The minimum Gasteiger partial charge on any atom is -0.493 e. The van der Waals surface area contributed by atoms with Crippen molar-refractivity contribution in [2.75, 3.05) is 6.61 Å². The van der Waals surface area contributed by atoms with Gasteiger partial charge in [0.2, 0.25) is 0 Å². The normalized spacial score (nSPS) is 15.9. The summed E-state index contributed by atoms with van der Waals surface area (Å²) < 4.78 is 5.55. The summed E-state index contributed by atoms with van der Waals surface area (Å²) in [5.74, 6) is 1.18. The van der Waals surface area contributed by atoms with E-state index in [2.05, 4.69) is 13.8 Å². The summed E-state index contributed by atoms with van der Waals surface area (Å²) in [6.45, 7) is 4.82. The molecule has 0 aromatic carbocycles. The van der Waals surface area contributed by atoms with Crippen LogP contribution in [0.15, 0.2) is 35.6 Å². The van der Waals surface area contributed by atoms with Crippen LogP contribution in [0.5, 0.6) is 0 Å². The highest BCUT2D eigenvalue weighted by molar-refractivity contribution is 5.75. The van der Waals surface area contributed by atoms with Gasteiger partial charge in [0.05, 0.1) is 6.61 Å². The zero-order chi connectivity index (χ0) is 10.4. The monoisotopic (exact) mass is 192 g/mol. The molecule has 0 aromatic rings. The SMILES string of the molecule is CC(C)COC1=C(C=O)CC=CC=C1. The van der Waals surface area contributed by atoms with Crippen molar-refractivity contribution in [1.29, 1.82) is 0 Å². The maximum Gasteiger partial charge on any atom is 0.150 e. The highest BCUT2D eigenvalue weighted by Crippen LogP contribution is 2.15. The number of carbonyl (C=O) groups is 1. The molecular weight excluding hydrogens is 176 g/mol. The Hall–Kier alpha value is -1.31. The molecule has 76 valence electrons. The summed E-state index contributed by atoms with van der Waals surface area (Å²) >= 11 is 0. The van der Waals surface area contributed by atoms with Gasteiger partial charge in [0.1, 0.15) is 12.0 Å². The molecule has 1 rings (SSSR count). The minimum atomic E-state index is 0.472. The van der Waals surface area contributed by atoms with Crippen molar-refractivity contribution in [2.45, 2.75) is 20.3 Å². The molecule has 0 radical (unpaired) electrons. The van der Waals surface area contributed by atoms with Crippen molar-refractivity contribution in [3.8, 4) is 0 Å². The van der Waals surface area contributed by atoms with Gasteiger partial charge in [-0.1, -0.05) is 32.1 Å². The fourth-order valence-corrected chi connectivity index (χ4v) is 1.13. The molecule has 0 heterocycles. The van der Waals surface area contributed by atoms with Gasteiger partial charge in [0.25, 0.3) is 0 Å². The van der Waals surface area contributed by atoms with Crippen LogP contribution in [0.3, 0.4) is 0 Å². The van der Waals surface area contributed by atoms with Crippen LogP contribution in [0.4, 0.5) is 0 Å². The van der Waals surface area contributed by atoms with Crippen LogP contribution >= 0.6 is 0 Å². The fraction of sp³-hybridized carbons (Fsp3) is 0.417. The summed E-state index contributed by atoms with van der Waals surface area (Å²) in [7, 11) is 0. The third-order valence-electron chi connectivity index (χ3n) is 1.86. The second kappa shape index (κ2) is 5.43. The molecule has 0 spiro atoms. The number of allylic oxidation sites excluding steroid dienone is 5. The molecule has 0 fully saturated rings. The molecule has 0 aromatic heterocycles. The second-order valence-electron chi connectivity index (χ2n) is 3.70. The van der Waals surface area contributed by atoms with Crippen molar-refractivity contribution < 1.29 is 9.53 Å². The van der Waals surface area contributed by atoms with Gasteiger partial charge in [-0.15, -0.1) is 0 Å². The van der Waals surface area contributed by atoms with Crippen LogP contribution in [0.2, 0.25) is 0 Å². The van der Waals surface area contributed by atoms with E-state index in [1.54, 1.807) is 0 Å². The first-order chi connectivity index (χ1) is 6.74. The third-order valence-corrected chi connectivity index (χ3v) is 1.86. The summed E-state index contributed by atoms with van der Waals surface area (Å²) in [5, 5.41) is 0. The zero-order valence-electron chi connectivity index (χ0n) is 8.69. The van der Waals surface area contributed by atoms with Gasteiger partial charge in [0, 0.05) is 5.57 Å². The van der Waals surface area contributed by atoms with Gasteiger partial charge in [-0.25, -0.2) is 0 Å². The van der Waals surface area contributed by atoms with E-state index in [4.69, 9.17) is 4.74 Å². The Morgan fingerprint density at radius 1 is 1.50 bits per heavy atom. The standard InChI is InChI=1S/C12H16O2/c1-10(2)9-14-12-7-5-3-4-6-11(12)8-13/h3-5,7-8,10H,6,9H2,1-2H3. The molecule has 0 saturated heterocycles. The predicted octanol–water partition coefficient (Wildman–Crippen LogP) is 2.63. The number of ether oxygens (including phenoxy) is 1. The lowest BCUT2D eigenvalue weighted by Crippen LogP contribution is -2.03. The Labute approximate surface area is 85.0 Å². The lowest BCUT2D eigenvalue weighted by atomic mass is 10.2. The number of hydrogen-bond acceptors (Lipinski definition) is 2. The van der Waals surface area contributed by atoms with Gasteiger partial charge >= 0.3 is 0 Å². The van der Waals surface area contributed by atoms with Gasteiger partial charge in [-0.05, 0) is 18.4 Å². The van der Waals surface area contributed by atoms with Crippen LogP contribution in [-0.2, 0) is 9.53 Å². The molecule has 0 aliphatic heterocycles. The Balaban J connectivity index is 2.70. The quantitative estimate of drug-likeness (QED) is 0.640. The van der Waals surface area contributed by atoms with Crippen molar-refractivity contribution in [2.24, 2.45) is 5.92 Å². The Kier molecular flexibility index (Phi) is 4.17. The van der Waals surface area contributed by atoms with Crippen LogP contribution in [0.25, 0.3) is 0 Å². The molecule has 0 atom stereocenters. The van der Waals surface area contributed by atoms with Crippen molar-refractivity contribution in [1.82, 2.24) is 0 Å². The number of aldehydes is 1. The smallest absolute Gasteiger partial charge is 0.150 e. The van der Waals surface area contributed by atoms with E-state index in [1.807, 2.05) is 24.3 Å². The van der Waals surface area contributed by atoms with Crippen LogP contribution in [0, 0.1) is 5.92 Å². The highest BCUT2D eigenvalue weighted by Gasteiger charge is 2.06. The lowest BCUT2D eigenvalue weighted by Gasteiger charge is -2.10. The number of rotatable bonds is 4. The molecule has 0 amide bonds. The Morgan fingerprint density at radius 2 is 2.29 bits per heavy atom. The van der Waals surface area contributed by atoms with E-state index in [1.165, 1.54) is 0 Å². The van der Waals surface area contributed by atoms with Gasteiger partial charge in [-0.2, -0.15) is 0 Å². The van der Waals surface area contributed by atoms with Crippen molar-refractivity contribution in [3.63, 3.8) is 0 Å². The average Bonchev–Trinajstić information content (AvgIpc) is 2.38. The highest BCUT2D eigenvalue weighted by atomic mass is 16.5. The van der Waals surface area contributed by atoms with Gasteiger partial charge < -0.3 is 4.74 Å². The maximum atomic E-state index is 10.8. The molecule has 2 heteroatoms. The summed E-state index contributed by atoms with van der Waals surface area (Å²) in [6.07, 6.45) is 9.14. The molecule has 0 saturated carbocycles. The van der Waals surface area contributed by atoms with Crippen LogP contribution < -0.4 is 0 Å². The van der Waals surface area contributed by atoms with Gasteiger partial charge in [0.15, 0.2) is 0 Å². The Morgan fingerprint density at radius 3 is 2.93 bits per heavy atom. The van der Waals surface area contributed by atoms with E-state index in [0.717, 1.165) is 11.9 Å². The van der Waals surface area contributed by atoms with Crippen LogP contribution in [0.1, 0.15) is 20.3 Å². The van der Waals surface area contributed by atoms with E-state index in [-0.39, 0.29) is 0 Å². The average molecular weight is 192 g/mol. The molecule has 0 bridgehead atoms. The first kappa shape index (κ1) is 10.8. The fourth-order valence-electron chi connectivity index (χ4n) is 1.13. The number of hydrogen-bond donors (Lipinski definition) is 0. The maximum absolute atomic E-state index is 10.8. The molecule has 1 aliphatic carbocycles. The van der Waals surface area contributed by atoms with Gasteiger partial charge in [-0.3, -0.25) is 4.79 Å². The molecule has 0 unspecified atom stereocenters. The Bertz CT molecular complexity index is 283. The topological polar surface area (TPSA) is 26.3 Å². The molecule has 0 N–H and O–H groups in total.